The molecule has 1 rings (SSSR count). The Kier molecular flexibility index (Phi) is 3.51. The molecule has 3 heteroatoms. The third kappa shape index (κ3) is 3.18. The zero-order valence-corrected chi connectivity index (χ0v) is 12.4. The smallest absolute Gasteiger partial charge is 0.150 e. The number of hydrogen-bond donors (Lipinski definition) is 0. The molecule has 0 saturated carbocycles. The molecule has 1 aromatic rings. The largest absolute Gasteiger partial charge is 0.361 e. The van der Waals surface area contributed by atoms with Crippen LogP contribution in [0.4, 0.5) is 5.82 Å². The van der Waals surface area contributed by atoms with Crippen LogP contribution in [-0.4, -0.2) is 24.1 Å². The summed E-state index contributed by atoms with van der Waals surface area (Å²) in [5.41, 5.74) is 2.14. The monoisotopic (exact) mass is 235 g/mol. The molecule has 0 bridgehead atoms. The Balaban J connectivity index is 3.38. The van der Waals surface area contributed by atoms with Crippen molar-refractivity contribution in [3.8, 4) is 0 Å². The zero-order chi connectivity index (χ0) is 13.4. The maximum atomic E-state index is 4.77. The van der Waals surface area contributed by atoms with Crippen molar-refractivity contribution in [3.05, 3.63) is 17.6 Å². The van der Waals surface area contributed by atoms with Crippen LogP contribution in [0.1, 0.15) is 52.9 Å². The predicted molar refractivity (Wildman–Crippen MR) is 73.8 cm³/mol. The second-order valence-corrected chi connectivity index (χ2v) is 6.82. The fourth-order valence-electron chi connectivity index (χ4n) is 1.58. The highest BCUT2D eigenvalue weighted by Gasteiger charge is 2.25. The molecule has 0 atom stereocenters. The molecule has 0 aliphatic rings. The van der Waals surface area contributed by atoms with E-state index >= 15 is 0 Å². The van der Waals surface area contributed by atoms with E-state index in [-0.39, 0.29) is 10.8 Å². The Morgan fingerprint density at radius 3 is 1.82 bits per heavy atom. The van der Waals surface area contributed by atoms with Crippen molar-refractivity contribution in [3.63, 3.8) is 0 Å². The standard InChI is InChI=1S/C14H25N3/c1-13(2,3)10-9-15-11(14(4,5)6)12(16-10)17(7)8/h9H,1-8H3. The first kappa shape index (κ1) is 13.9. The van der Waals surface area contributed by atoms with Crippen LogP contribution in [0, 0.1) is 0 Å². The molecule has 0 aliphatic carbocycles. The first-order valence-corrected chi connectivity index (χ1v) is 6.09. The molecule has 0 amide bonds. The fraction of sp³-hybridized carbons (Fsp3) is 0.714. The lowest BCUT2D eigenvalue weighted by atomic mass is 9.89. The molecule has 0 radical (unpaired) electrons. The lowest BCUT2D eigenvalue weighted by Gasteiger charge is -2.27. The molecule has 0 unspecified atom stereocenters. The van der Waals surface area contributed by atoms with Crippen molar-refractivity contribution in [2.45, 2.75) is 52.4 Å². The van der Waals surface area contributed by atoms with Gasteiger partial charge in [-0.25, -0.2) is 4.98 Å². The van der Waals surface area contributed by atoms with Crippen molar-refractivity contribution in [1.29, 1.82) is 0 Å². The molecule has 1 heterocycles. The van der Waals surface area contributed by atoms with Gasteiger partial charge in [-0.3, -0.25) is 4.98 Å². The first-order valence-electron chi connectivity index (χ1n) is 6.09. The van der Waals surface area contributed by atoms with Crippen LogP contribution in [0.5, 0.6) is 0 Å². The molecule has 96 valence electrons. The topological polar surface area (TPSA) is 29.0 Å². The highest BCUT2D eigenvalue weighted by Crippen LogP contribution is 2.30. The second kappa shape index (κ2) is 4.28. The van der Waals surface area contributed by atoms with E-state index in [1.54, 1.807) is 0 Å². The Morgan fingerprint density at radius 1 is 0.941 bits per heavy atom. The lowest BCUT2D eigenvalue weighted by Crippen LogP contribution is -2.25. The average Bonchev–Trinajstić information content (AvgIpc) is 2.14. The molecule has 0 fully saturated rings. The second-order valence-electron chi connectivity index (χ2n) is 6.82. The van der Waals surface area contributed by atoms with Crippen LogP contribution in [0.3, 0.4) is 0 Å². The lowest BCUT2D eigenvalue weighted by molar-refractivity contribution is 0.539. The molecule has 0 saturated heterocycles. The van der Waals surface area contributed by atoms with Gasteiger partial charge in [-0.1, -0.05) is 41.5 Å². The molecule has 3 nitrogen and oxygen atoms in total. The van der Waals surface area contributed by atoms with Gasteiger partial charge in [0.2, 0.25) is 0 Å². The van der Waals surface area contributed by atoms with Crippen molar-refractivity contribution in [2.75, 3.05) is 19.0 Å². The minimum atomic E-state index is 0.0169. The third-order valence-electron chi connectivity index (χ3n) is 2.66. The van der Waals surface area contributed by atoms with Crippen LogP contribution < -0.4 is 4.90 Å². The van der Waals surface area contributed by atoms with Crippen LogP contribution in [0.15, 0.2) is 6.20 Å². The van der Waals surface area contributed by atoms with Gasteiger partial charge in [0.05, 0.1) is 11.4 Å². The van der Waals surface area contributed by atoms with Crippen LogP contribution >= 0.6 is 0 Å². The summed E-state index contributed by atoms with van der Waals surface area (Å²) in [6, 6.07) is 0. The van der Waals surface area contributed by atoms with E-state index in [2.05, 4.69) is 46.5 Å². The highest BCUT2D eigenvalue weighted by atomic mass is 15.2. The molecule has 0 aliphatic heterocycles. The highest BCUT2D eigenvalue weighted by molar-refractivity contribution is 5.46. The first-order chi connectivity index (χ1) is 7.53. The van der Waals surface area contributed by atoms with E-state index < -0.39 is 0 Å². The van der Waals surface area contributed by atoms with Gasteiger partial charge >= 0.3 is 0 Å². The van der Waals surface area contributed by atoms with Crippen LogP contribution in [-0.2, 0) is 10.8 Å². The van der Waals surface area contributed by atoms with E-state index in [0.717, 1.165) is 17.2 Å². The Hall–Kier alpha value is -1.12. The van der Waals surface area contributed by atoms with E-state index in [1.807, 2.05) is 25.2 Å². The minimum Gasteiger partial charge on any atom is -0.361 e. The van der Waals surface area contributed by atoms with Crippen molar-refractivity contribution in [2.24, 2.45) is 0 Å². The molecule has 0 N–H and O–H groups in total. The Labute approximate surface area is 105 Å². The molecule has 17 heavy (non-hydrogen) atoms. The van der Waals surface area contributed by atoms with Gasteiger partial charge in [0, 0.05) is 31.1 Å². The van der Waals surface area contributed by atoms with E-state index in [0.29, 0.717) is 0 Å². The minimum absolute atomic E-state index is 0.0169. The van der Waals surface area contributed by atoms with E-state index in [1.165, 1.54) is 0 Å². The summed E-state index contributed by atoms with van der Waals surface area (Å²) in [5.74, 6) is 0.977. The normalized spacial score (nSPS) is 12.7. The van der Waals surface area contributed by atoms with Gasteiger partial charge in [0.15, 0.2) is 5.82 Å². The van der Waals surface area contributed by atoms with Crippen molar-refractivity contribution in [1.82, 2.24) is 9.97 Å². The number of anilines is 1. The van der Waals surface area contributed by atoms with Crippen LogP contribution in [0.25, 0.3) is 0 Å². The Bertz CT molecular complexity index is 395. The molecule has 1 aromatic heterocycles. The molecule has 0 spiro atoms. The van der Waals surface area contributed by atoms with E-state index in [9.17, 15) is 0 Å². The third-order valence-corrected chi connectivity index (χ3v) is 2.66. The predicted octanol–water partition coefficient (Wildman–Crippen LogP) is 3.14. The Morgan fingerprint density at radius 2 is 1.47 bits per heavy atom. The number of rotatable bonds is 1. The summed E-state index contributed by atoms with van der Waals surface area (Å²) in [6.07, 6.45) is 1.91. The summed E-state index contributed by atoms with van der Waals surface area (Å²) in [4.78, 5) is 11.5. The maximum Gasteiger partial charge on any atom is 0.150 e. The number of nitrogens with zero attached hydrogens (tertiary/aromatic N) is 3. The number of aromatic nitrogens is 2. The van der Waals surface area contributed by atoms with Gasteiger partial charge in [-0.15, -0.1) is 0 Å². The van der Waals surface area contributed by atoms with Gasteiger partial charge in [0.1, 0.15) is 0 Å². The molecule has 0 aromatic carbocycles. The zero-order valence-electron chi connectivity index (χ0n) is 12.4. The van der Waals surface area contributed by atoms with Crippen molar-refractivity contribution < 1.29 is 0 Å². The van der Waals surface area contributed by atoms with Gasteiger partial charge in [0.25, 0.3) is 0 Å². The van der Waals surface area contributed by atoms with Crippen molar-refractivity contribution >= 4 is 5.82 Å². The van der Waals surface area contributed by atoms with Gasteiger partial charge < -0.3 is 4.90 Å². The van der Waals surface area contributed by atoms with Gasteiger partial charge in [-0.2, -0.15) is 0 Å². The summed E-state index contributed by atoms with van der Waals surface area (Å²) in [7, 11) is 4.04. The summed E-state index contributed by atoms with van der Waals surface area (Å²) in [6.45, 7) is 13.0. The SMILES string of the molecule is CN(C)c1nc(C(C)(C)C)cnc1C(C)(C)C. The van der Waals surface area contributed by atoms with Crippen LogP contribution in [0.2, 0.25) is 0 Å². The number of hydrogen-bond acceptors (Lipinski definition) is 3. The molecular formula is C14H25N3. The summed E-state index contributed by atoms with van der Waals surface area (Å²) in [5, 5.41) is 0. The summed E-state index contributed by atoms with van der Waals surface area (Å²) < 4.78 is 0. The fourth-order valence-corrected chi connectivity index (χ4v) is 1.58. The van der Waals surface area contributed by atoms with Gasteiger partial charge in [-0.05, 0) is 0 Å². The quantitative estimate of drug-likeness (QED) is 0.749. The molecular weight excluding hydrogens is 210 g/mol. The summed E-state index contributed by atoms with van der Waals surface area (Å²) >= 11 is 0. The van der Waals surface area contributed by atoms with E-state index in [4.69, 9.17) is 4.98 Å². The average molecular weight is 235 g/mol. The maximum absolute atomic E-state index is 4.77.